The summed E-state index contributed by atoms with van der Waals surface area (Å²) in [6.07, 6.45) is 3.21. The zero-order valence-corrected chi connectivity index (χ0v) is 9.32. The zero-order chi connectivity index (χ0) is 12.5. The summed E-state index contributed by atoms with van der Waals surface area (Å²) in [7, 11) is 0. The molecule has 2 aromatic heterocycles. The minimum absolute atomic E-state index is 0.151. The highest BCUT2D eigenvalue weighted by molar-refractivity contribution is 6.01. The van der Waals surface area contributed by atoms with Crippen LogP contribution >= 0.6 is 0 Å². The lowest BCUT2D eigenvalue weighted by atomic mass is 10.2. The molecule has 5 heteroatoms. The number of carbonyl (C=O) groups is 1. The number of nitrogens with zero attached hydrogens (tertiary/aromatic N) is 3. The lowest BCUT2D eigenvalue weighted by Crippen LogP contribution is -2.08. The van der Waals surface area contributed by atoms with Crippen LogP contribution in [0.1, 0.15) is 10.5 Å². The van der Waals surface area contributed by atoms with Crippen molar-refractivity contribution in [1.29, 1.82) is 0 Å². The molecule has 1 aromatic carbocycles. The van der Waals surface area contributed by atoms with E-state index in [1.165, 1.54) is 4.68 Å². The fourth-order valence-corrected chi connectivity index (χ4v) is 1.90. The summed E-state index contributed by atoms with van der Waals surface area (Å²) in [4.78, 5) is 15.4. The Morgan fingerprint density at radius 3 is 2.72 bits per heavy atom. The average molecular weight is 239 g/mol. The minimum Gasteiger partial charge on any atom is -0.476 e. The van der Waals surface area contributed by atoms with Crippen molar-refractivity contribution in [2.24, 2.45) is 0 Å². The molecule has 0 unspecified atom stereocenters. The van der Waals surface area contributed by atoms with Crippen molar-refractivity contribution in [3.8, 4) is 5.69 Å². The van der Waals surface area contributed by atoms with E-state index in [1.54, 1.807) is 42.7 Å². The van der Waals surface area contributed by atoms with E-state index in [0.717, 1.165) is 0 Å². The molecule has 0 atom stereocenters. The summed E-state index contributed by atoms with van der Waals surface area (Å²) in [6, 6.07) is 10.7. The fraction of sp³-hybridized carbons (Fsp3) is 0. The maximum Gasteiger partial charge on any atom is 0.355 e. The Labute approximate surface area is 102 Å². The fourth-order valence-electron chi connectivity index (χ4n) is 1.90. The van der Waals surface area contributed by atoms with E-state index in [2.05, 4.69) is 10.1 Å². The number of pyridine rings is 1. The predicted octanol–water partition coefficient (Wildman–Crippen LogP) is 2.12. The highest BCUT2D eigenvalue weighted by Crippen LogP contribution is 2.21. The molecule has 0 saturated heterocycles. The van der Waals surface area contributed by atoms with Crippen LogP contribution in [0.3, 0.4) is 0 Å². The molecular weight excluding hydrogens is 230 g/mol. The van der Waals surface area contributed by atoms with Crippen molar-refractivity contribution < 1.29 is 9.90 Å². The first-order valence-electron chi connectivity index (χ1n) is 5.39. The normalized spacial score (nSPS) is 10.7. The van der Waals surface area contributed by atoms with Crippen LogP contribution in [0.5, 0.6) is 0 Å². The summed E-state index contributed by atoms with van der Waals surface area (Å²) in [5.41, 5.74) is 1.43. The number of carboxylic acids is 1. The molecule has 0 amide bonds. The number of benzene rings is 1. The van der Waals surface area contributed by atoms with Gasteiger partial charge in [0, 0.05) is 11.6 Å². The molecule has 0 radical (unpaired) electrons. The first kappa shape index (κ1) is 10.5. The van der Waals surface area contributed by atoms with Crippen molar-refractivity contribution in [3.63, 3.8) is 0 Å². The van der Waals surface area contributed by atoms with E-state index in [1.807, 2.05) is 6.07 Å². The quantitative estimate of drug-likeness (QED) is 0.743. The highest BCUT2D eigenvalue weighted by Gasteiger charge is 2.18. The van der Waals surface area contributed by atoms with Crippen LogP contribution in [0.2, 0.25) is 0 Å². The topological polar surface area (TPSA) is 68.0 Å². The third-order valence-corrected chi connectivity index (χ3v) is 2.67. The summed E-state index contributed by atoms with van der Waals surface area (Å²) in [6.45, 7) is 0. The van der Waals surface area contributed by atoms with Gasteiger partial charge in [-0.05, 0) is 18.2 Å². The number of aromatic nitrogens is 3. The second kappa shape index (κ2) is 3.96. The molecule has 0 aliphatic rings. The predicted molar refractivity (Wildman–Crippen MR) is 65.8 cm³/mol. The van der Waals surface area contributed by atoms with Crippen LogP contribution in [0.4, 0.5) is 0 Å². The zero-order valence-electron chi connectivity index (χ0n) is 9.32. The van der Waals surface area contributed by atoms with Gasteiger partial charge in [0.1, 0.15) is 0 Å². The van der Waals surface area contributed by atoms with Crippen LogP contribution in [0.25, 0.3) is 16.6 Å². The number of hydrogen-bond acceptors (Lipinski definition) is 3. The van der Waals surface area contributed by atoms with Crippen LogP contribution < -0.4 is 0 Å². The van der Waals surface area contributed by atoms with E-state index < -0.39 is 5.97 Å². The monoisotopic (exact) mass is 239 g/mol. The Hall–Kier alpha value is -2.69. The van der Waals surface area contributed by atoms with Crippen molar-refractivity contribution in [2.75, 3.05) is 0 Å². The highest BCUT2D eigenvalue weighted by atomic mass is 16.4. The van der Waals surface area contributed by atoms with E-state index in [-0.39, 0.29) is 5.69 Å². The largest absolute Gasteiger partial charge is 0.476 e. The molecule has 3 aromatic rings. The molecule has 2 heterocycles. The Balaban J connectivity index is 2.36. The van der Waals surface area contributed by atoms with Crippen molar-refractivity contribution in [2.45, 2.75) is 0 Å². The molecule has 0 aliphatic carbocycles. The molecular formula is C13H9N3O2. The van der Waals surface area contributed by atoms with Crippen LogP contribution in [0, 0.1) is 0 Å². The van der Waals surface area contributed by atoms with Gasteiger partial charge in [-0.25, -0.2) is 9.48 Å². The van der Waals surface area contributed by atoms with Crippen LogP contribution in [-0.2, 0) is 0 Å². The molecule has 0 spiro atoms. The Kier molecular flexibility index (Phi) is 2.30. The first-order valence-corrected chi connectivity index (χ1v) is 5.39. The van der Waals surface area contributed by atoms with Gasteiger partial charge < -0.3 is 5.11 Å². The van der Waals surface area contributed by atoms with Crippen molar-refractivity contribution in [1.82, 2.24) is 14.8 Å². The van der Waals surface area contributed by atoms with Gasteiger partial charge in [0.15, 0.2) is 5.69 Å². The van der Waals surface area contributed by atoms with Gasteiger partial charge in [-0.15, -0.1) is 0 Å². The summed E-state index contributed by atoms with van der Waals surface area (Å²) in [5.74, 6) is -1.01. The number of aromatic carboxylic acids is 1. The van der Waals surface area contributed by atoms with E-state index >= 15 is 0 Å². The summed E-state index contributed by atoms with van der Waals surface area (Å²) in [5, 5.41) is 14.3. The van der Waals surface area contributed by atoms with E-state index in [0.29, 0.717) is 16.6 Å². The molecule has 0 bridgehead atoms. The maximum atomic E-state index is 11.4. The van der Waals surface area contributed by atoms with Crippen LogP contribution in [0.15, 0.2) is 48.8 Å². The number of hydrogen-bond donors (Lipinski definition) is 1. The third-order valence-electron chi connectivity index (χ3n) is 2.67. The molecule has 0 fully saturated rings. The molecule has 5 nitrogen and oxygen atoms in total. The molecule has 3 rings (SSSR count). The second-order valence-electron chi connectivity index (χ2n) is 3.79. The van der Waals surface area contributed by atoms with Gasteiger partial charge in [0.25, 0.3) is 0 Å². The molecule has 88 valence electrons. The van der Waals surface area contributed by atoms with Gasteiger partial charge in [-0.2, -0.15) is 5.10 Å². The smallest absolute Gasteiger partial charge is 0.355 e. The number of fused-ring (bicyclic) bond motifs is 1. The first-order chi connectivity index (χ1) is 8.77. The third kappa shape index (κ3) is 1.53. The Bertz CT molecular complexity index is 719. The summed E-state index contributed by atoms with van der Waals surface area (Å²) < 4.78 is 1.40. The van der Waals surface area contributed by atoms with Gasteiger partial charge in [0.2, 0.25) is 0 Å². The van der Waals surface area contributed by atoms with Gasteiger partial charge in [-0.3, -0.25) is 4.98 Å². The van der Waals surface area contributed by atoms with E-state index in [4.69, 9.17) is 0 Å². The number of rotatable bonds is 2. The van der Waals surface area contributed by atoms with Gasteiger partial charge in [0.05, 0.1) is 17.4 Å². The lowest BCUT2D eigenvalue weighted by Gasteiger charge is -2.02. The average Bonchev–Trinajstić information content (AvgIpc) is 2.79. The summed E-state index contributed by atoms with van der Waals surface area (Å²) >= 11 is 0. The lowest BCUT2D eigenvalue weighted by molar-refractivity contribution is 0.0689. The van der Waals surface area contributed by atoms with Crippen molar-refractivity contribution in [3.05, 3.63) is 54.5 Å². The second-order valence-corrected chi connectivity index (χ2v) is 3.79. The van der Waals surface area contributed by atoms with Gasteiger partial charge >= 0.3 is 5.97 Å². The minimum atomic E-state index is -1.01. The van der Waals surface area contributed by atoms with Crippen LogP contribution in [-0.4, -0.2) is 25.8 Å². The van der Waals surface area contributed by atoms with Crippen molar-refractivity contribution >= 4 is 16.9 Å². The number of carboxylic acid groups (broad SMARTS) is 1. The SMILES string of the molecule is O=C(O)c1c2ccccc2nn1-c1cccnc1. The Morgan fingerprint density at radius 1 is 1.17 bits per heavy atom. The molecule has 0 saturated carbocycles. The Morgan fingerprint density at radius 2 is 2.00 bits per heavy atom. The van der Waals surface area contributed by atoms with Gasteiger partial charge in [-0.1, -0.05) is 18.2 Å². The molecule has 18 heavy (non-hydrogen) atoms. The maximum absolute atomic E-state index is 11.4. The molecule has 0 aliphatic heterocycles. The standard InChI is InChI=1S/C13H9N3O2/c17-13(18)12-10-5-1-2-6-11(10)15-16(12)9-4-3-7-14-8-9/h1-8H,(H,17,18). The van der Waals surface area contributed by atoms with E-state index in [9.17, 15) is 9.90 Å². The molecule has 1 N–H and O–H groups in total.